The van der Waals surface area contributed by atoms with Gasteiger partial charge in [-0.15, -0.1) is 0 Å². The van der Waals surface area contributed by atoms with Gasteiger partial charge in [-0.2, -0.15) is 5.10 Å². The van der Waals surface area contributed by atoms with Crippen LogP contribution in [0.5, 0.6) is 0 Å². The Labute approximate surface area is 202 Å². The molecule has 2 N–H and O–H groups in total. The molecule has 5 rings (SSSR count). The second-order valence-electron chi connectivity index (χ2n) is 8.92. The fourth-order valence-electron chi connectivity index (χ4n) is 4.92. The molecule has 180 valence electrons. The number of aromatic nitrogens is 2. The third-order valence-electron chi connectivity index (χ3n) is 6.64. The van der Waals surface area contributed by atoms with Crippen LogP contribution in [0.2, 0.25) is 0 Å². The average molecular weight is 475 g/mol. The van der Waals surface area contributed by atoms with Crippen LogP contribution in [0.1, 0.15) is 46.4 Å². The zero-order chi connectivity index (χ0) is 24.5. The molecule has 1 atom stereocenters. The van der Waals surface area contributed by atoms with Crippen molar-refractivity contribution >= 4 is 18.0 Å². The topological polar surface area (TPSA) is 114 Å². The minimum Gasteiger partial charge on any atom is -0.478 e. The number of rotatable bonds is 6. The summed E-state index contributed by atoms with van der Waals surface area (Å²) >= 11 is 0. The normalized spacial score (nSPS) is 15.1. The van der Waals surface area contributed by atoms with Crippen LogP contribution in [-0.4, -0.2) is 57.0 Å². The Morgan fingerprint density at radius 3 is 2.40 bits per heavy atom. The molecule has 0 saturated heterocycles. The predicted molar refractivity (Wildman–Crippen MR) is 127 cm³/mol. The zero-order valence-electron chi connectivity index (χ0n) is 19.3. The van der Waals surface area contributed by atoms with Crippen molar-refractivity contribution in [1.82, 2.24) is 20.0 Å². The van der Waals surface area contributed by atoms with Gasteiger partial charge in [0, 0.05) is 24.9 Å². The number of nitrogens with zero attached hydrogens (tertiary/aromatic N) is 3. The van der Waals surface area contributed by atoms with Gasteiger partial charge in [0.1, 0.15) is 12.2 Å². The molecule has 9 nitrogen and oxygen atoms in total. The van der Waals surface area contributed by atoms with Crippen LogP contribution in [0, 0.1) is 0 Å². The summed E-state index contributed by atoms with van der Waals surface area (Å²) in [5.41, 5.74) is 5.20. The van der Waals surface area contributed by atoms with E-state index in [2.05, 4.69) is 34.7 Å². The van der Waals surface area contributed by atoms with Gasteiger partial charge in [0.05, 0.1) is 25.0 Å². The number of hydrogen-bond donors (Lipinski definition) is 2. The summed E-state index contributed by atoms with van der Waals surface area (Å²) in [6.45, 7) is 3.00. The number of carbonyl (C=O) groups excluding carboxylic acids is 2. The number of ether oxygens (including phenoxy) is 1. The number of aromatic carboxylic acids is 1. The molecule has 0 spiro atoms. The molecule has 0 fully saturated rings. The molecule has 1 aliphatic carbocycles. The molecule has 0 bridgehead atoms. The molecule has 0 radical (unpaired) electrons. The van der Waals surface area contributed by atoms with Gasteiger partial charge in [-0.1, -0.05) is 48.5 Å². The predicted octanol–water partition coefficient (Wildman–Crippen LogP) is 3.24. The Morgan fingerprint density at radius 2 is 1.74 bits per heavy atom. The zero-order valence-corrected chi connectivity index (χ0v) is 19.3. The number of hydrogen-bond acceptors (Lipinski definition) is 5. The molecule has 3 aromatic rings. The van der Waals surface area contributed by atoms with E-state index < -0.39 is 18.1 Å². The van der Waals surface area contributed by atoms with Crippen LogP contribution in [0.3, 0.4) is 0 Å². The first-order valence-corrected chi connectivity index (χ1v) is 11.6. The third kappa shape index (κ3) is 4.37. The lowest BCUT2D eigenvalue weighted by Crippen LogP contribution is -2.43. The Balaban J connectivity index is 1.15. The second kappa shape index (κ2) is 9.25. The van der Waals surface area contributed by atoms with Gasteiger partial charge in [-0.05, 0) is 29.2 Å². The lowest BCUT2D eigenvalue weighted by molar-refractivity contribution is -0.133. The smallest absolute Gasteiger partial charge is 0.407 e. The van der Waals surface area contributed by atoms with E-state index in [1.54, 1.807) is 16.5 Å². The molecular weight excluding hydrogens is 448 g/mol. The maximum atomic E-state index is 12.8. The van der Waals surface area contributed by atoms with Crippen molar-refractivity contribution < 1.29 is 24.2 Å². The quantitative estimate of drug-likeness (QED) is 0.567. The summed E-state index contributed by atoms with van der Waals surface area (Å²) < 4.78 is 7.18. The van der Waals surface area contributed by atoms with E-state index in [0.29, 0.717) is 18.8 Å². The number of nitrogens with one attached hydrogen (secondary N) is 1. The maximum Gasteiger partial charge on any atom is 0.407 e. The minimum absolute atomic E-state index is 0.0354. The molecule has 1 aliphatic heterocycles. The third-order valence-corrected chi connectivity index (χ3v) is 6.64. The molecule has 0 saturated carbocycles. The van der Waals surface area contributed by atoms with E-state index in [1.165, 1.54) is 6.20 Å². The number of carbonyl (C=O) groups is 3. The Morgan fingerprint density at radius 1 is 1.09 bits per heavy atom. The highest BCUT2D eigenvalue weighted by Gasteiger charge is 2.30. The van der Waals surface area contributed by atoms with Crippen LogP contribution in [0.25, 0.3) is 11.1 Å². The van der Waals surface area contributed by atoms with Gasteiger partial charge in [0.15, 0.2) is 0 Å². The van der Waals surface area contributed by atoms with Crippen LogP contribution >= 0.6 is 0 Å². The first-order chi connectivity index (χ1) is 16.9. The average Bonchev–Trinajstić information content (AvgIpc) is 3.41. The fourth-order valence-corrected chi connectivity index (χ4v) is 4.92. The van der Waals surface area contributed by atoms with E-state index in [0.717, 1.165) is 22.3 Å². The van der Waals surface area contributed by atoms with Crippen LogP contribution in [0.4, 0.5) is 4.79 Å². The minimum atomic E-state index is -1.06. The number of carboxylic acid groups (broad SMARTS) is 1. The van der Waals surface area contributed by atoms with Crippen molar-refractivity contribution in [3.8, 4) is 11.1 Å². The van der Waals surface area contributed by atoms with Crippen LogP contribution in [0.15, 0.2) is 54.7 Å². The highest BCUT2D eigenvalue weighted by molar-refractivity contribution is 5.89. The van der Waals surface area contributed by atoms with Crippen LogP contribution in [-0.2, 0) is 22.6 Å². The van der Waals surface area contributed by atoms with Crippen molar-refractivity contribution in [2.75, 3.05) is 13.2 Å². The van der Waals surface area contributed by atoms with Crippen molar-refractivity contribution in [1.29, 1.82) is 0 Å². The summed E-state index contributed by atoms with van der Waals surface area (Å²) in [6, 6.07) is 15.8. The SMILES string of the molecule is C[C@H](CC(=O)N1CCn2ncc(C(=O)O)c2C1)NC(=O)OCC1c2ccccc2-c2ccccc21. The number of amides is 2. The summed E-state index contributed by atoms with van der Waals surface area (Å²) in [6.07, 6.45) is 0.824. The van der Waals surface area contributed by atoms with Crippen molar-refractivity contribution in [3.05, 3.63) is 77.1 Å². The Hall–Kier alpha value is -4.14. The molecule has 35 heavy (non-hydrogen) atoms. The molecule has 2 amide bonds. The monoisotopic (exact) mass is 474 g/mol. The summed E-state index contributed by atoms with van der Waals surface area (Å²) in [5.74, 6) is -1.27. The fraction of sp³-hybridized carbons (Fsp3) is 0.308. The highest BCUT2D eigenvalue weighted by Crippen LogP contribution is 2.44. The van der Waals surface area contributed by atoms with E-state index in [-0.39, 0.29) is 37.0 Å². The first-order valence-electron chi connectivity index (χ1n) is 11.6. The number of benzene rings is 2. The number of alkyl carbamates (subject to hydrolysis) is 1. The number of carboxylic acids is 1. The Bertz CT molecular complexity index is 1250. The van der Waals surface area contributed by atoms with Crippen molar-refractivity contribution in [3.63, 3.8) is 0 Å². The lowest BCUT2D eigenvalue weighted by atomic mass is 9.98. The second-order valence-corrected chi connectivity index (χ2v) is 8.92. The van der Waals surface area contributed by atoms with Crippen molar-refractivity contribution in [2.24, 2.45) is 0 Å². The maximum absolute atomic E-state index is 12.8. The molecule has 9 heteroatoms. The van der Waals surface area contributed by atoms with Gasteiger partial charge >= 0.3 is 12.1 Å². The summed E-state index contributed by atoms with van der Waals surface area (Å²) in [5, 5.41) is 16.1. The summed E-state index contributed by atoms with van der Waals surface area (Å²) in [4.78, 5) is 38.3. The van der Waals surface area contributed by atoms with E-state index in [4.69, 9.17) is 4.74 Å². The van der Waals surface area contributed by atoms with E-state index >= 15 is 0 Å². The van der Waals surface area contributed by atoms with E-state index in [1.807, 2.05) is 24.3 Å². The van der Waals surface area contributed by atoms with Gasteiger partial charge in [-0.25, -0.2) is 9.59 Å². The standard InChI is InChI=1S/C26H26N4O5/c1-16(12-24(31)29-10-11-30-23(14-29)21(13-27-30)25(32)33)28-26(34)35-15-22-19-8-4-2-6-17(19)18-7-3-5-9-20(18)22/h2-9,13,16,22H,10-12,14-15H2,1H3,(H,28,34)(H,32,33)/t16-/m1/s1. The highest BCUT2D eigenvalue weighted by atomic mass is 16.5. The Kier molecular flexibility index (Phi) is 5.98. The van der Waals surface area contributed by atoms with E-state index in [9.17, 15) is 19.5 Å². The summed E-state index contributed by atoms with van der Waals surface area (Å²) in [7, 11) is 0. The molecular formula is C26H26N4O5. The lowest BCUT2D eigenvalue weighted by Gasteiger charge is -2.29. The van der Waals surface area contributed by atoms with Gasteiger partial charge < -0.3 is 20.1 Å². The molecule has 0 unspecified atom stereocenters. The van der Waals surface area contributed by atoms with Gasteiger partial charge in [-0.3, -0.25) is 9.48 Å². The molecule has 2 aliphatic rings. The molecule has 1 aromatic heterocycles. The molecule has 2 heterocycles. The molecule has 2 aromatic carbocycles. The largest absolute Gasteiger partial charge is 0.478 e. The van der Waals surface area contributed by atoms with Crippen molar-refractivity contribution in [2.45, 2.75) is 38.4 Å². The number of fused-ring (bicyclic) bond motifs is 4. The van der Waals surface area contributed by atoms with Crippen LogP contribution < -0.4 is 5.32 Å². The first kappa shape index (κ1) is 22.6. The van der Waals surface area contributed by atoms with Gasteiger partial charge in [0.25, 0.3) is 0 Å². The van der Waals surface area contributed by atoms with Gasteiger partial charge in [0.2, 0.25) is 5.91 Å².